The average Bonchev–Trinajstić information content (AvgIpc) is 2.86. The van der Waals surface area contributed by atoms with E-state index in [0.29, 0.717) is 30.3 Å². The Morgan fingerprint density at radius 1 is 1.15 bits per heavy atom. The van der Waals surface area contributed by atoms with Crippen LogP contribution < -0.4 is 16.4 Å². The van der Waals surface area contributed by atoms with Gasteiger partial charge in [0.2, 0.25) is 5.95 Å². The van der Waals surface area contributed by atoms with Crippen LogP contribution in [-0.4, -0.2) is 52.4 Å². The summed E-state index contributed by atoms with van der Waals surface area (Å²) >= 11 is 0. The van der Waals surface area contributed by atoms with Crippen molar-refractivity contribution in [2.24, 2.45) is 5.73 Å². The second-order valence-electron chi connectivity index (χ2n) is 7.69. The molecule has 1 heterocycles. The number of ether oxygens (including phenoxy) is 1. The van der Waals surface area contributed by atoms with E-state index < -0.39 is 5.91 Å². The Morgan fingerprint density at radius 2 is 1.89 bits per heavy atom. The van der Waals surface area contributed by atoms with Crippen molar-refractivity contribution in [3.05, 3.63) is 11.8 Å². The van der Waals surface area contributed by atoms with Crippen LogP contribution in [0.3, 0.4) is 0 Å². The molecule has 2 aliphatic carbocycles. The van der Waals surface area contributed by atoms with Crippen LogP contribution in [0, 0.1) is 0 Å². The van der Waals surface area contributed by atoms with Crippen LogP contribution in [0.15, 0.2) is 6.20 Å². The van der Waals surface area contributed by atoms with Gasteiger partial charge < -0.3 is 26.2 Å². The molecule has 5 N–H and O–H groups in total. The molecule has 0 bridgehead atoms. The molecule has 0 aromatic carbocycles. The number of amides is 1. The first-order valence-electron chi connectivity index (χ1n) is 9.96. The molecule has 8 nitrogen and oxygen atoms in total. The number of primary amides is 1. The maximum Gasteiger partial charge on any atom is 0.254 e. The summed E-state index contributed by atoms with van der Waals surface area (Å²) in [5, 5.41) is 16.7. The van der Waals surface area contributed by atoms with E-state index in [1.807, 2.05) is 0 Å². The van der Waals surface area contributed by atoms with Crippen molar-refractivity contribution >= 4 is 17.7 Å². The Morgan fingerprint density at radius 3 is 2.59 bits per heavy atom. The fourth-order valence-electron chi connectivity index (χ4n) is 4.03. The predicted octanol–water partition coefficient (Wildman–Crippen LogP) is 2.05. The zero-order valence-electron chi connectivity index (χ0n) is 16.0. The molecule has 1 amide bonds. The molecule has 0 unspecified atom stereocenters. The first-order valence-corrected chi connectivity index (χ1v) is 9.96. The van der Waals surface area contributed by atoms with Gasteiger partial charge in [-0.05, 0) is 44.9 Å². The number of aliphatic hydroxyl groups is 1. The smallest absolute Gasteiger partial charge is 0.254 e. The number of nitrogens with one attached hydrogen (secondary N) is 2. The fourth-order valence-corrected chi connectivity index (χ4v) is 4.03. The van der Waals surface area contributed by atoms with Gasteiger partial charge in [0, 0.05) is 25.4 Å². The SMILES string of the molecule is CO[C@H]1CC[C@@H](Nc2ncc(C(N)=O)c(N[C@H]3CCCC[C@@H](O)C3)n2)CC1. The first kappa shape index (κ1) is 19.8. The maximum absolute atomic E-state index is 11.8. The van der Waals surface area contributed by atoms with Crippen molar-refractivity contribution < 1.29 is 14.6 Å². The van der Waals surface area contributed by atoms with Gasteiger partial charge in [0.15, 0.2) is 0 Å². The molecule has 3 rings (SSSR count). The second kappa shape index (κ2) is 9.32. The van der Waals surface area contributed by atoms with Crippen molar-refractivity contribution in [3.8, 4) is 0 Å². The molecule has 2 saturated carbocycles. The lowest BCUT2D eigenvalue weighted by molar-refractivity contribution is 0.0681. The van der Waals surface area contributed by atoms with E-state index in [4.69, 9.17) is 10.5 Å². The summed E-state index contributed by atoms with van der Waals surface area (Å²) in [5.74, 6) is 0.390. The largest absolute Gasteiger partial charge is 0.393 e. The number of methoxy groups -OCH3 is 1. The first-order chi connectivity index (χ1) is 13.0. The number of nitrogens with zero attached hydrogens (tertiary/aromatic N) is 2. The van der Waals surface area contributed by atoms with Gasteiger partial charge in [-0.2, -0.15) is 4.98 Å². The monoisotopic (exact) mass is 377 g/mol. The number of carbonyl (C=O) groups is 1. The Kier molecular flexibility index (Phi) is 6.84. The van der Waals surface area contributed by atoms with Crippen LogP contribution in [0.2, 0.25) is 0 Å². The number of aliphatic hydroxyl groups excluding tert-OH is 1. The van der Waals surface area contributed by atoms with Gasteiger partial charge in [-0.1, -0.05) is 12.8 Å². The van der Waals surface area contributed by atoms with Gasteiger partial charge in [-0.25, -0.2) is 4.98 Å². The quantitative estimate of drug-likeness (QED) is 0.560. The van der Waals surface area contributed by atoms with E-state index in [0.717, 1.165) is 51.4 Å². The van der Waals surface area contributed by atoms with Crippen LogP contribution in [0.5, 0.6) is 0 Å². The van der Waals surface area contributed by atoms with E-state index in [1.165, 1.54) is 6.20 Å². The van der Waals surface area contributed by atoms with Crippen LogP contribution in [0.25, 0.3) is 0 Å². The highest BCUT2D eigenvalue weighted by atomic mass is 16.5. The van der Waals surface area contributed by atoms with E-state index >= 15 is 0 Å². The summed E-state index contributed by atoms with van der Waals surface area (Å²) in [4.78, 5) is 20.6. The lowest BCUT2D eigenvalue weighted by atomic mass is 9.93. The summed E-state index contributed by atoms with van der Waals surface area (Å²) in [6, 6.07) is 0.365. The Bertz CT molecular complexity index is 634. The maximum atomic E-state index is 11.8. The molecule has 0 radical (unpaired) electrons. The van der Waals surface area contributed by atoms with Gasteiger partial charge >= 0.3 is 0 Å². The molecule has 27 heavy (non-hydrogen) atoms. The second-order valence-corrected chi connectivity index (χ2v) is 7.69. The van der Waals surface area contributed by atoms with Crippen molar-refractivity contribution in [2.75, 3.05) is 17.7 Å². The van der Waals surface area contributed by atoms with Gasteiger partial charge in [0.25, 0.3) is 5.91 Å². The average molecular weight is 377 g/mol. The highest BCUT2D eigenvalue weighted by Crippen LogP contribution is 2.25. The third-order valence-corrected chi connectivity index (χ3v) is 5.63. The predicted molar refractivity (Wildman–Crippen MR) is 104 cm³/mol. The molecule has 150 valence electrons. The molecule has 2 aliphatic rings. The number of hydrogen-bond donors (Lipinski definition) is 4. The third-order valence-electron chi connectivity index (χ3n) is 5.63. The summed E-state index contributed by atoms with van der Waals surface area (Å²) < 4.78 is 5.41. The fraction of sp³-hybridized carbons (Fsp3) is 0.737. The Balaban J connectivity index is 1.69. The highest BCUT2D eigenvalue weighted by Gasteiger charge is 2.24. The third kappa shape index (κ3) is 5.52. The number of anilines is 2. The normalized spacial score (nSPS) is 29.0. The van der Waals surface area contributed by atoms with Crippen LogP contribution >= 0.6 is 0 Å². The molecule has 2 fully saturated rings. The number of aromatic nitrogens is 2. The number of hydrogen-bond acceptors (Lipinski definition) is 7. The summed E-state index contributed by atoms with van der Waals surface area (Å²) in [5.41, 5.74) is 5.78. The number of carbonyl (C=O) groups excluding carboxylic acids is 1. The van der Waals surface area contributed by atoms with Crippen LogP contribution in [-0.2, 0) is 4.74 Å². The molecule has 1 aromatic rings. The topological polar surface area (TPSA) is 122 Å². The van der Waals surface area contributed by atoms with Gasteiger partial charge in [0.05, 0.1) is 17.8 Å². The van der Waals surface area contributed by atoms with Crippen molar-refractivity contribution in [2.45, 2.75) is 82.1 Å². The molecule has 8 heteroatoms. The lowest BCUT2D eigenvalue weighted by Gasteiger charge is -2.28. The summed E-state index contributed by atoms with van der Waals surface area (Å²) in [7, 11) is 1.76. The van der Waals surface area contributed by atoms with Gasteiger partial charge in [-0.15, -0.1) is 0 Å². The Labute approximate surface area is 160 Å². The molecular formula is C19H31N5O3. The molecule has 0 spiro atoms. The minimum absolute atomic E-state index is 0.0699. The molecule has 2 atom stereocenters. The standard InChI is InChI=1S/C19H31N5O3/c1-27-15-8-6-12(7-9-15)23-19-21-11-16(17(20)26)18(24-19)22-13-4-2-3-5-14(25)10-13/h11-15,25H,2-10H2,1H3,(H2,20,26)(H2,21,22,23,24)/t12-,13-,14+,15+/m0/s1. The van der Waals surface area contributed by atoms with Gasteiger partial charge in [0.1, 0.15) is 5.82 Å². The highest BCUT2D eigenvalue weighted by molar-refractivity contribution is 5.97. The minimum Gasteiger partial charge on any atom is -0.393 e. The van der Waals surface area contributed by atoms with E-state index in [1.54, 1.807) is 7.11 Å². The zero-order chi connectivity index (χ0) is 19.2. The molecule has 0 aliphatic heterocycles. The van der Waals surface area contributed by atoms with Gasteiger partial charge in [-0.3, -0.25) is 4.79 Å². The van der Waals surface area contributed by atoms with Crippen molar-refractivity contribution in [1.82, 2.24) is 9.97 Å². The van der Waals surface area contributed by atoms with E-state index in [9.17, 15) is 9.90 Å². The van der Waals surface area contributed by atoms with Crippen LogP contribution in [0.1, 0.15) is 68.1 Å². The number of nitrogens with two attached hydrogens (primary N) is 1. The minimum atomic E-state index is -0.557. The molecule has 1 aromatic heterocycles. The van der Waals surface area contributed by atoms with E-state index in [2.05, 4.69) is 20.6 Å². The van der Waals surface area contributed by atoms with E-state index in [-0.39, 0.29) is 17.7 Å². The van der Waals surface area contributed by atoms with Crippen molar-refractivity contribution in [1.29, 1.82) is 0 Å². The summed E-state index contributed by atoms with van der Waals surface area (Å²) in [6.07, 6.45) is 9.97. The Hall–Kier alpha value is -1.93. The van der Waals surface area contributed by atoms with Crippen molar-refractivity contribution in [3.63, 3.8) is 0 Å². The zero-order valence-corrected chi connectivity index (χ0v) is 16.0. The molecular weight excluding hydrogens is 346 g/mol. The number of rotatable bonds is 6. The molecule has 0 saturated heterocycles. The van der Waals surface area contributed by atoms with Crippen LogP contribution in [0.4, 0.5) is 11.8 Å². The lowest BCUT2D eigenvalue weighted by Crippen LogP contribution is -2.30. The summed E-state index contributed by atoms with van der Waals surface area (Å²) in [6.45, 7) is 0.